The van der Waals surface area contributed by atoms with Crippen LogP contribution >= 0.6 is 0 Å². The maximum atomic E-state index is 14.7. The summed E-state index contributed by atoms with van der Waals surface area (Å²) in [5.74, 6) is -6.60. The van der Waals surface area contributed by atoms with Crippen LogP contribution in [0, 0.1) is 47.7 Å². The van der Waals surface area contributed by atoms with Crippen LogP contribution in [0.3, 0.4) is 0 Å². The van der Waals surface area contributed by atoms with Crippen LogP contribution in [0.25, 0.3) is 11.1 Å². The molecule has 7 heteroatoms. The Labute approximate surface area is 188 Å². The van der Waals surface area contributed by atoms with Crippen molar-refractivity contribution in [3.63, 3.8) is 0 Å². The van der Waals surface area contributed by atoms with Crippen LogP contribution in [0.5, 0.6) is 5.75 Å². The first kappa shape index (κ1) is 23.2. The van der Waals surface area contributed by atoms with E-state index in [2.05, 4.69) is 0 Å². The SMILES string of the molecule is Cc1cc(F)c(OCC2CCC(c3ccc(-c4cc(F)c(F)c(F)c4)c(F)c3)CC2)c(F)c1. The Balaban J connectivity index is 1.39. The van der Waals surface area contributed by atoms with E-state index in [-0.39, 0.29) is 35.3 Å². The van der Waals surface area contributed by atoms with Gasteiger partial charge in [0.15, 0.2) is 34.8 Å². The van der Waals surface area contributed by atoms with E-state index in [0.29, 0.717) is 5.56 Å². The molecule has 33 heavy (non-hydrogen) atoms. The van der Waals surface area contributed by atoms with Crippen molar-refractivity contribution in [3.8, 4) is 16.9 Å². The number of hydrogen-bond acceptors (Lipinski definition) is 1. The molecule has 0 saturated heterocycles. The highest BCUT2D eigenvalue weighted by Gasteiger charge is 2.25. The second-order valence-electron chi connectivity index (χ2n) is 8.58. The summed E-state index contributed by atoms with van der Waals surface area (Å²) in [7, 11) is 0. The van der Waals surface area contributed by atoms with Gasteiger partial charge in [-0.15, -0.1) is 0 Å². The van der Waals surface area contributed by atoms with E-state index in [9.17, 15) is 26.3 Å². The van der Waals surface area contributed by atoms with Crippen molar-refractivity contribution in [3.05, 3.63) is 88.5 Å². The highest BCUT2D eigenvalue weighted by molar-refractivity contribution is 5.65. The van der Waals surface area contributed by atoms with Gasteiger partial charge >= 0.3 is 0 Å². The molecule has 0 amide bonds. The average molecular weight is 464 g/mol. The third-order valence-electron chi connectivity index (χ3n) is 6.21. The molecular weight excluding hydrogens is 442 g/mol. The molecule has 0 bridgehead atoms. The van der Waals surface area contributed by atoms with Gasteiger partial charge < -0.3 is 4.74 Å². The molecule has 3 aromatic carbocycles. The van der Waals surface area contributed by atoms with Crippen LogP contribution in [-0.4, -0.2) is 6.61 Å². The highest BCUT2D eigenvalue weighted by atomic mass is 19.2. The van der Waals surface area contributed by atoms with Crippen molar-refractivity contribution in [2.45, 2.75) is 38.5 Å². The zero-order valence-electron chi connectivity index (χ0n) is 17.9. The van der Waals surface area contributed by atoms with Crippen LogP contribution in [0.1, 0.15) is 42.7 Å². The predicted molar refractivity (Wildman–Crippen MR) is 113 cm³/mol. The summed E-state index contributed by atoms with van der Waals surface area (Å²) in [6, 6.07) is 8.46. The summed E-state index contributed by atoms with van der Waals surface area (Å²) >= 11 is 0. The van der Waals surface area contributed by atoms with Crippen LogP contribution < -0.4 is 4.74 Å². The molecule has 1 aliphatic rings. The smallest absolute Gasteiger partial charge is 0.194 e. The normalized spacial score (nSPS) is 18.4. The van der Waals surface area contributed by atoms with Gasteiger partial charge in [-0.1, -0.05) is 12.1 Å². The molecule has 0 radical (unpaired) electrons. The molecular formula is C26H22F6O. The molecule has 0 aromatic heterocycles. The lowest BCUT2D eigenvalue weighted by Gasteiger charge is -2.29. The van der Waals surface area contributed by atoms with E-state index in [0.717, 1.165) is 43.4 Å². The summed E-state index contributed by atoms with van der Waals surface area (Å²) in [5, 5.41) is 0. The Kier molecular flexibility index (Phi) is 6.68. The van der Waals surface area contributed by atoms with Gasteiger partial charge in [-0.05, 0) is 91.5 Å². The standard InChI is InChI=1S/C26H22F6O/c1-14-8-23(30)26(24(31)9-14)33-13-15-2-4-16(5-3-15)17-6-7-19(20(27)10-17)18-11-21(28)25(32)22(29)12-18/h6-12,15-16H,2-5,13H2,1H3. The second kappa shape index (κ2) is 9.49. The minimum Gasteiger partial charge on any atom is -0.487 e. The van der Waals surface area contributed by atoms with Gasteiger partial charge in [0.25, 0.3) is 0 Å². The Bertz CT molecular complexity index is 1120. The fourth-order valence-corrected chi connectivity index (χ4v) is 4.42. The first-order valence-electron chi connectivity index (χ1n) is 10.8. The van der Waals surface area contributed by atoms with Gasteiger partial charge in [-0.3, -0.25) is 0 Å². The minimum absolute atomic E-state index is 0.0132. The molecule has 0 heterocycles. The predicted octanol–water partition coefficient (Wildman–Crippen LogP) is 7.85. The zero-order chi connectivity index (χ0) is 23.7. The molecule has 1 fully saturated rings. The number of hydrogen-bond donors (Lipinski definition) is 0. The number of halogens is 6. The molecule has 0 aliphatic heterocycles. The molecule has 3 aromatic rings. The van der Waals surface area contributed by atoms with Gasteiger partial charge in [-0.2, -0.15) is 0 Å². The Morgan fingerprint density at radius 3 is 1.91 bits per heavy atom. The maximum Gasteiger partial charge on any atom is 0.194 e. The first-order chi connectivity index (χ1) is 15.7. The number of aryl methyl sites for hydroxylation is 1. The van der Waals surface area contributed by atoms with E-state index < -0.39 is 34.9 Å². The lowest BCUT2D eigenvalue weighted by Crippen LogP contribution is -2.20. The average Bonchev–Trinajstić information content (AvgIpc) is 2.77. The van der Waals surface area contributed by atoms with Gasteiger partial charge in [0.2, 0.25) is 0 Å². The first-order valence-corrected chi connectivity index (χ1v) is 10.8. The molecule has 1 saturated carbocycles. The van der Waals surface area contributed by atoms with Crippen LogP contribution in [0.4, 0.5) is 26.3 Å². The van der Waals surface area contributed by atoms with Crippen molar-refractivity contribution < 1.29 is 31.1 Å². The Hall–Kier alpha value is -2.96. The lowest BCUT2D eigenvalue weighted by molar-refractivity contribution is 0.188. The van der Waals surface area contributed by atoms with E-state index in [1.165, 1.54) is 24.3 Å². The minimum atomic E-state index is -1.59. The van der Waals surface area contributed by atoms with Gasteiger partial charge in [-0.25, -0.2) is 26.3 Å². The summed E-state index contributed by atoms with van der Waals surface area (Å²) in [5.41, 5.74) is 1.15. The third-order valence-corrected chi connectivity index (χ3v) is 6.21. The largest absolute Gasteiger partial charge is 0.487 e. The summed E-state index contributed by atoms with van der Waals surface area (Å²) in [6.07, 6.45) is 2.98. The molecule has 0 atom stereocenters. The topological polar surface area (TPSA) is 9.23 Å². The van der Waals surface area contributed by atoms with Gasteiger partial charge in [0.05, 0.1) is 6.61 Å². The summed E-state index contributed by atoms with van der Waals surface area (Å²) in [6.45, 7) is 1.79. The van der Waals surface area contributed by atoms with Gasteiger partial charge in [0.1, 0.15) is 5.82 Å². The molecule has 4 rings (SSSR count). The molecule has 174 valence electrons. The maximum absolute atomic E-state index is 14.7. The van der Waals surface area contributed by atoms with E-state index in [4.69, 9.17) is 4.74 Å². The second-order valence-corrected chi connectivity index (χ2v) is 8.58. The fraction of sp³-hybridized carbons (Fsp3) is 0.308. The van der Waals surface area contributed by atoms with Crippen molar-refractivity contribution >= 4 is 0 Å². The van der Waals surface area contributed by atoms with Crippen molar-refractivity contribution in [2.24, 2.45) is 5.92 Å². The quantitative estimate of drug-likeness (QED) is 0.276. The lowest BCUT2D eigenvalue weighted by atomic mass is 9.78. The molecule has 1 aliphatic carbocycles. The van der Waals surface area contributed by atoms with Crippen LogP contribution in [0.15, 0.2) is 42.5 Å². The Morgan fingerprint density at radius 2 is 1.33 bits per heavy atom. The molecule has 1 nitrogen and oxygen atoms in total. The van der Waals surface area contributed by atoms with E-state index in [1.807, 2.05) is 0 Å². The van der Waals surface area contributed by atoms with Gasteiger partial charge in [0, 0.05) is 5.56 Å². The van der Waals surface area contributed by atoms with Crippen LogP contribution in [-0.2, 0) is 0 Å². The number of benzene rings is 3. The number of rotatable bonds is 5. The summed E-state index contributed by atoms with van der Waals surface area (Å²) < 4.78 is 88.2. The van der Waals surface area contributed by atoms with Crippen molar-refractivity contribution in [1.29, 1.82) is 0 Å². The fourth-order valence-electron chi connectivity index (χ4n) is 4.42. The monoisotopic (exact) mass is 464 g/mol. The van der Waals surface area contributed by atoms with E-state index in [1.54, 1.807) is 13.0 Å². The van der Waals surface area contributed by atoms with Crippen LogP contribution in [0.2, 0.25) is 0 Å². The highest BCUT2D eigenvalue weighted by Crippen LogP contribution is 2.38. The van der Waals surface area contributed by atoms with E-state index >= 15 is 0 Å². The Morgan fingerprint density at radius 1 is 0.727 bits per heavy atom. The zero-order valence-corrected chi connectivity index (χ0v) is 17.9. The van der Waals surface area contributed by atoms with Crippen molar-refractivity contribution in [1.82, 2.24) is 0 Å². The molecule has 0 N–H and O–H groups in total. The van der Waals surface area contributed by atoms with Crippen molar-refractivity contribution in [2.75, 3.05) is 6.61 Å². The third kappa shape index (κ3) is 5.02. The summed E-state index contributed by atoms with van der Waals surface area (Å²) in [4.78, 5) is 0. The number of ether oxygens (including phenoxy) is 1. The molecule has 0 spiro atoms. The molecule has 0 unspecified atom stereocenters.